The lowest BCUT2D eigenvalue weighted by atomic mass is 9.82. The maximum absolute atomic E-state index is 13.0. The second kappa shape index (κ2) is 5.40. The fourth-order valence-electron chi connectivity index (χ4n) is 3.57. The summed E-state index contributed by atoms with van der Waals surface area (Å²) in [6.45, 7) is 0. The van der Waals surface area contributed by atoms with Crippen LogP contribution < -0.4 is 5.32 Å². The molecule has 2 N–H and O–H groups in total. The first-order chi connectivity index (χ1) is 10.8. The van der Waals surface area contributed by atoms with Crippen LogP contribution in [-0.4, -0.2) is 17.0 Å². The Morgan fingerprint density at radius 3 is 2.30 bits per heavy atom. The minimum absolute atomic E-state index is 0.230. The Labute approximate surface area is 130 Å². The molecule has 4 atom stereocenters. The second-order valence-corrected chi connectivity index (χ2v) is 5.87. The number of carbonyl (C=O) groups is 2. The van der Waals surface area contributed by atoms with Crippen molar-refractivity contribution in [1.82, 2.24) is 0 Å². The molecular weight excluding hydrogens is 311 g/mol. The zero-order chi connectivity index (χ0) is 16.8. The predicted molar refractivity (Wildman–Crippen MR) is 75.4 cm³/mol. The van der Waals surface area contributed by atoms with E-state index >= 15 is 0 Å². The molecule has 23 heavy (non-hydrogen) atoms. The molecule has 1 fully saturated rings. The number of hydrogen-bond acceptors (Lipinski definition) is 2. The first kappa shape index (κ1) is 15.6. The van der Waals surface area contributed by atoms with Gasteiger partial charge in [-0.1, -0.05) is 24.3 Å². The molecule has 0 saturated heterocycles. The van der Waals surface area contributed by atoms with Crippen molar-refractivity contribution in [2.24, 2.45) is 23.7 Å². The summed E-state index contributed by atoms with van der Waals surface area (Å²) >= 11 is 0. The van der Waals surface area contributed by atoms with E-state index in [0.29, 0.717) is 6.42 Å². The van der Waals surface area contributed by atoms with Gasteiger partial charge in [-0.15, -0.1) is 0 Å². The number of para-hydroxylation sites is 1. The standard InChI is InChI=1S/C16H14F3NO3/c17-16(18,19)10-3-1-2-4-11(10)20-14(21)12-8-5-6-9(7-8)13(12)15(22)23/h1-6,8-9,12-13H,7H2,(H,20,21)(H,22,23)/t8-,9-,12+,13-/m0/s1. The van der Waals surface area contributed by atoms with Crippen molar-refractivity contribution >= 4 is 17.6 Å². The van der Waals surface area contributed by atoms with Crippen LogP contribution >= 0.6 is 0 Å². The van der Waals surface area contributed by atoms with Gasteiger partial charge in [0.25, 0.3) is 0 Å². The minimum atomic E-state index is -4.59. The highest BCUT2D eigenvalue weighted by Gasteiger charge is 2.51. The van der Waals surface area contributed by atoms with Crippen LogP contribution in [0.15, 0.2) is 36.4 Å². The Morgan fingerprint density at radius 2 is 1.70 bits per heavy atom. The van der Waals surface area contributed by atoms with E-state index in [0.717, 1.165) is 6.07 Å². The molecule has 0 spiro atoms. The number of amides is 1. The Bertz CT molecular complexity index is 683. The molecule has 2 aliphatic rings. The van der Waals surface area contributed by atoms with Crippen molar-refractivity contribution in [3.05, 3.63) is 42.0 Å². The van der Waals surface area contributed by atoms with Crippen LogP contribution in [0.1, 0.15) is 12.0 Å². The van der Waals surface area contributed by atoms with E-state index in [9.17, 15) is 27.9 Å². The van der Waals surface area contributed by atoms with Gasteiger partial charge in [0.15, 0.2) is 0 Å². The average molecular weight is 325 g/mol. The van der Waals surface area contributed by atoms with Crippen LogP contribution in [-0.2, 0) is 15.8 Å². The van der Waals surface area contributed by atoms with Crippen LogP contribution in [0.25, 0.3) is 0 Å². The van der Waals surface area contributed by atoms with Gasteiger partial charge in [-0.25, -0.2) is 0 Å². The van der Waals surface area contributed by atoms with Crippen molar-refractivity contribution < 1.29 is 27.9 Å². The molecule has 0 heterocycles. The zero-order valence-electron chi connectivity index (χ0n) is 11.9. The summed E-state index contributed by atoms with van der Waals surface area (Å²) in [5.74, 6) is -3.96. The largest absolute Gasteiger partial charge is 0.481 e. The minimum Gasteiger partial charge on any atom is -0.481 e. The summed E-state index contributed by atoms with van der Waals surface area (Å²) < 4.78 is 38.9. The fraction of sp³-hybridized carbons (Fsp3) is 0.375. The third-order valence-electron chi connectivity index (χ3n) is 4.54. The summed E-state index contributed by atoms with van der Waals surface area (Å²) in [6.07, 6.45) is -0.485. The van der Waals surface area contributed by atoms with Gasteiger partial charge in [-0.3, -0.25) is 9.59 Å². The second-order valence-electron chi connectivity index (χ2n) is 5.87. The molecule has 3 rings (SSSR count). The van der Waals surface area contributed by atoms with E-state index in [-0.39, 0.29) is 17.5 Å². The highest BCUT2D eigenvalue weighted by atomic mass is 19.4. The van der Waals surface area contributed by atoms with Gasteiger partial charge in [-0.05, 0) is 30.4 Å². The van der Waals surface area contributed by atoms with Crippen LogP contribution in [0.3, 0.4) is 0 Å². The number of anilines is 1. The third-order valence-corrected chi connectivity index (χ3v) is 4.54. The van der Waals surface area contributed by atoms with Gasteiger partial charge in [0.05, 0.1) is 23.1 Å². The molecular formula is C16H14F3NO3. The number of fused-ring (bicyclic) bond motifs is 2. The maximum Gasteiger partial charge on any atom is 0.418 e. The lowest BCUT2D eigenvalue weighted by Crippen LogP contribution is -2.36. The lowest BCUT2D eigenvalue weighted by molar-refractivity contribution is -0.147. The van der Waals surface area contributed by atoms with Gasteiger partial charge in [0.2, 0.25) is 5.91 Å². The van der Waals surface area contributed by atoms with Gasteiger partial charge in [-0.2, -0.15) is 13.2 Å². The van der Waals surface area contributed by atoms with Crippen molar-refractivity contribution in [3.63, 3.8) is 0 Å². The van der Waals surface area contributed by atoms with Crippen molar-refractivity contribution in [2.45, 2.75) is 12.6 Å². The number of benzene rings is 1. The maximum atomic E-state index is 13.0. The van der Waals surface area contributed by atoms with E-state index in [1.165, 1.54) is 18.2 Å². The Morgan fingerprint density at radius 1 is 1.09 bits per heavy atom. The highest BCUT2D eigenvalue weighted by molar-refractivity contribution is 5.97. The van der Waals surface area contributed by atoms with Crippen LogP contribution in [0.5, 0.6) is 0 Å². The number of nitrogens with one attached hydrogen (secondary N) is 1. The van der Waals surface area contributed by atoms with Gasteiger partial charge >= 0.3 is 12.1 Å². The molecule has 1 saturated carbocycles. The molecule has 1 amide bonds. The van der Waals surface area contributed by atoms with Crippen molar-refractivity contribution in [1.29, 1.82) is 0 Å². The number of rotatable bonds is 3. The van der Waals surface area contributed by atoms with E-state index in [1.54, 1.807) is 12.2 Å². The SMILES string of the molecule is O=C(O)[C@@H]1[C@H](C(=O)Nc2ccccc2C(F)(F)F)[C@H]2C=C[C@H]1C2. The quantitative estimate of drug-likeness (QED) is 0.839. The van der Waals surface area contributed by atoms with E-state index < -0.39 is 35.5 Å². The summed E-state index contributed by atoms with van der Waals surface area (Å²) in [6, 6.07) is 4.67. The Kier molecular flexibility index (Phi) is 3.66. The highest BCUT2D eigenvalue weighted by Crippen LogP contribution is 2.48. The molecule has 1 aromatic rings. The van der Waals surface area contributed by atoms with E-state index in [2.05, 4.69) is 5.32 Å². The summed E-state index contributed by atoms with van der Waals surface area (Å²) in [5, 5.41) is 11.6. The molecule has 7 heteroatoms. The number of carboxylic acid groups (broad SMARTS) is 1. The molecule has 122 valence electrons. The summed E-state index contributed by atoms with van der Waals surface area (Å²) in [4.78, 5) is 23.8. The zero-order valence-corrected chi connectivity index (χ0v) is 11.9. The van der Waals surface area contributed by atoms with Crippen LogP contribution in [0, 0.1) is 23.7 Å². The number of aliphatic carboxylic acids is 1. The summed E-state index contributed by atoms with van der Waals surface area (Å²) in [7, 11) is 0. The first-order valence-corrected chi connectivity index (χ1v) is 7.17. The fourth-order valence-corrected chi connectivity index (χ4v) is 3.57. The van der Waals surface area contributed by atoms with Crippen LogP contribution in [0.4, 0.5) is 18.9 Å². The van der Waals surface area contributed by atoms with Gasteiger partial charge < -0.3 is 10.4 Å². The average Bonchev–Trinajstić information content (AvgIpc) is 3.07. The Balaban J connectivity index is 1.86. The molecule has 0 unspecified atom stereocenters. The number of hydrogen-bond donors (Lipinski definition) is 2. The topological polar surface area (TPSA) is 66.4 Å². The van der Waals surface area contributed by atoms with E-state index in [1.807, 2.05) is 0 Å². The normalized spacial score (nSPS) is 28.8. The number of allylic oxidation sites excluding steroid dienone is 2. The number of alkyl halides is 3. The van der Waals surface area contributed by atoms with Gasteiger partial charge in [0, 0.05) is 0 Å². The van der Waals surface area contributed by atoms with Gasteiger partial charge in [0.1, 0.15) is 0 Å². The van der Waals surface area contributed by atoms with Crippen molar-refractivity contribution in [2.75, 3.05) is 5.32 Å². The number of carbonyl (C=O) groups excluding carboxylic acids is 1. The van der Waals surface area contributed by atoms with E-state index in [4.69, 9.17) is 0 Å². The molecule has 2 bridgehead atoms. The third kappa shape index (κ3) is 2.71. The van der Waals surface area contributed by atoms with Crippen molar-refractivity contribution in [3.8, 4) is 0 Å². The molecule has 4 nitrogen and oxygen atoms in total. The molecule has 1 aromatic carbocycles. The molecule has 0 aliphatic heterocycles. The Hall–Kier alpha value is -2.31. The lowest BCUT2D eigenvalue weighted by Gasteiger charge is -2.24. The molecule has 2 aliphatic carbocycles. The molecule has 0 aromatic heterocycles. The smallest absolute Gasteiger partial charge is 0.418 e. The monoisotopic (exact) mass is 325 g/mol. The number of halogens is 3. The first-order valence-electron chi connectivity index (χ1n) is 7.17. The molecule has 0 radical (unpaired) electrons. The number of carboxylic acids is 1. The predicted octanol–water partition coefficient (Wildman–Crippen LogP) is 3.17. The van der Waals surface area contributed by atoms with Crippen LogP contribution in [0.2, 0.25) is 0 Å². The summed E-state index contributed by atoms with van der Waals surface area (Å²) in [5.41, 5.74) is -1.29.